The van der Waals surface area contributed by atoms with Gasteiger partial charge < -0.3 is 11.5 Å². The molecule has 0 bridgehead atoms. The Labute approximate surface area is 83.1 Å². The zero-order chi connectivity index (χ0) is 10.6. The van der Waals surface area contributed by atoms with E-state index in [0.717, 1.165) is 11.1 Å². The van der Waals surface area contributed by atoms with E-state index in [9.17, 15) is 4.79 Å². The standard InChI is InChI=1S/C11H12N2O/c1-8-4-2-6-10(12)9(8)5-3-7-11(13)14/h2,4,6H,7,12H2,1H3,(H2,13,14). The maximum atomic E-state index is 10.4. The fourth-order valence-electron chi connectivity index (χ4n) is 1.08. The molecular formula is C11H12N2O. The summed E-state index contributed by atoms with van der Waals surface area (Å²) in [5.74, 6) is 5.09. The number of nitrogen functional groups attached to an aromatic ring is 1. The fourth-order valence-corrected chi connectivity index (χ4v) is 1.08. The summed E-state index contributed by atoms with van der Waals surface area (Å²) in [5.41, 5.74) is 13.1. The zero-order valence-corrected chi connectivity index (χ0v) is 8.00. The van der Waals surface area contributed by atoms with Crippen molar-refractivity contribution in [2.24, 2.45) is 5.73 Å². The second-order valence-corrected chi connectivity index (χ2v) is 2.98. The number of benzene rings is 1. The first-order valence-corrected chi connectivity index (χ1v) is 4.23. The molecule has 14 heavy (non-hydrogen) atoms. The predicted molar refractivity (Wildman–Crippen MR) is 56.3 cm³/mol. The molecule has 3 nitrogen and oxygen atoms in total. The van der Waals surface area contributed by atoms with Gasteiger partial charge in [0.15, 0.2) is 0 Å². The molecule has 1 aromatic rings. The van der Waals surface area contributed by atoms with Crippen molar-refractivity contribution in [1.82, 2.24) is 0 Å². The smallest absolute Gasteiger partial charge is 0.229 e. The van der Waals surface area contributed by atoms with Crippen LogP contribution in [0, 0.1) is 18.8 Å². The van der Waals surface area contributed by atoms with Crippen molar-refractivity contribution < 1.29 is 4.79 Å². The van der Waals surface area contributed by atoms with Gasteiger partial charge in [-0.25, -0.2) is 0 Å². The van der Waals surface area contributed by atoms with E-state index in [0.29, 0.717) is 5.69 Å². The number of anilines is 1. The van der Waals surface area contributed by atoms with Crippen LogP contribution < -0.4 is 11.5 Å². The molecule has 0 aliphatic rings. The molecule has 0 aliphatic carbocycles. The molecule has 0 aliphatic heterocycles. The van der Waals surface area contributed by atoms with Gasteiger partial charge in [-0.05, 0) is 18.6 Å². The number of nitrogens with two attached hydrogens (primary N) is 2. The first-order valence-electron chi connectivity index (χ1n) is 4.23. The van der Waals surface area contributed by atoms with Crippen molar-refractivity contribution >= 4 is 11.6 Å². The third kappa shape index (κ3) is 2.53. The molecule has 4 N–H and O–H groups in total. The van der Waals surface area contributed by atoms with Crippen molar-refractivity contribution in [2.75, 3.05) is 5.73 Å². The molecule has 0 unspecified atom stereocenters. The second-order valence-electron chi connectivity index (χ2n) is 2.98. The Kier molecular flexibility index (Phi) is 3.14. The molecule has 1 rings (SSSR count). The van der Waals surface area contributed by atoms with Crippen LogP contribution in [0.1, 0.15) is 17.5 Å². The molecule has 0 aromatic heterocycles. The maximum Gasteiger partial charge on any atom is 0.229 e. The summed E-state index contributed by atoms with van der Waals surface area (Å²) in [6, 6.07) is 5.57. The lowest BCUT2D eigenvalue weighted by atomic mass is 10.1. The number of carbonyl (C=O) groups excluding carboxylic acids is 1. The van der Waals surface area contributed by atoms with E-state index in [1.807, 2.05) is 19.1 Å². The Balaban J connectivity index is 2.94. The summed E-state index contributed by atoms with van der Waals surface area (Å²) in [6.45, 7) is 1.92. The van der Waals surface area contributed by atoms with E-state index in [1.165, 1.54) is 0 Å². The van der Waals surface area contributed by atoms with Gasteiger partial charge in [0.2, 0.25) is 5.91 Å². The number of hydrogen-bond donors (Lipinski definition) is 2. The van der Waals surface area contributed by atoms with Crippen molar-refractivity contribution in [1.29, 1.82) is 0 Å². The quantitative estimate of drug-likeness (QED) is 0.505. The van der Waals surface area contributed by atoms with Crippen molar-refractivity contribution in [3.63, 3.8) is 0 Å². The van der Waals surface area contributed by atoms with Gasteiger partial charge >= 0.3 is 0 Å². The van der Waals surface area contributed by atoms with E-state index in [2.05, 4.69) is 11.8 Å². The van der Waals surface area contributed by atoms with Crippen molar-refractivity contribution in [3.8, 4) is 11.8 Å². The zero-order valence-electron chi connectivity index (χ0n) is 8.00. The minimum absolute atomic E-state index is 0.0633. The highest BCUT2D eigenvalue weighted by Crippen LogP contribution is 2.14. The van der Waals surface area contributed by atoms with Crippen LogP contribution in [0.2, 0.25) is 0 Å². The van der Waals surface area contributed by atoms with Gasteiger partial charge in [0, 0.05) is 5.69 Å². The molecule has 0 spiro atoms. The van der Waals surface area contributed by atoms with Crippen LogP contribution in [-0.4, -0.2) is 5.91 Å². The number of amides is 1. The highest BCUT2D eigenvalue weighted by Gasteiger charge is 1.97. The van der Waals surface area contributed by atoms with Crippen molar-refractivity contribution in [2.45, 2.75) is 13.3 Å². The minimum atomic E-state index is -0.426. The lowest BCUT2D eigenvalue weighted by Gasteiger charge is -2.00. The molecule has 0 atom stereocenters. The largest absolute Gasteiger partial charge is 0.398 e. The van der Waals surface area contributed by atoms with Crippen LogP contribution >= 0.6 is 0 Å². The molecule has 0 saturated heterocycles. The molecule has 1 aromatic carbocycles. The third-order valence-corrected chi connectivity index (χ3v) is 1.78. The number of aryl methyl sites for hydroxylation is 1. The topological polar surface area (TPSA) is 69.1 Å². The molecule has 0 saturated carbocycles. The summed E-state index contributed by atoms with van der Waals surface area (Å²) in [6.07, 6.45) is 0.0633. The molecule has 0 fully saturated rings. The summed E-state index contributed by atoms with van der Waals surface area (Å²) in [5, 5.41) is 0. The summed E-state index contributed by atoms with van der Waals surface area (Å²) >= 11 is 0. The van der Waals surface area contributed by atoms with Gasteiger partial charge in [-0.15, -0.1) is 0 Å². The average molecular weight is 188 g/mol. The predicted octanol–water partition coefficient (Wildman–Crippen LogP) is 0.804. The van der Waals surface area contributed by atoms with Crippen LogP contribution in [0.4, 0.5) is 5.69 Å². The Morgan fingerprint density at radius 1 is 1.50 bits per heavy atom. The van der Waals surface area contributed by atoms with Gasteiger partial charge in [-0.1, -0.05) is 24.0 Å². The molecule has 0 heterocycles. The lowest BCUT2D eigenvalue weighted by Crippen LogP contribution is -2.08. The highest BCUT2D eigenvalue weighted by atomic mass is 16.1. The summed E-state index contributed by atoms with van der Waals surface area (Å²) in [4.78, 5) is 10.4. The van der Waals surface area contributed by atoms with E-state index in [-0.39, 0.29) is 6.42 Å². The van der Waals surface area contributed by atoms with Gasteiger partial charge in [0.05, 0.1) is 12.0 Å². The lowest BCUT2D eigenvalue weighted by molar-refractivity contribution is -0.117. The number of primary amides is 1. The monoisotopic (exact) mass is 188 g/mol. The number of hydrogen-bond acceptors (Lipinski definition) is 2. The number of carbonyl (C=O) groups is 1. The highest BCUT2D eigenvalue weighted by molar-refractivity contribution is 5.76. The van der Waals surface area contributed by atoms with Crippen LogP contribution in [0.15, 0.2) is 18.2 Å². The van der Waals surface area contributed by atoms with E-state index in [4.69, 9.17) is 11.5 Å². The molecular weight excluding hydrogens is 176 g/mol. The summed E-state index contributed by atoms with van der Waals surface area (Å²) in [7, 11) is 0. The Hall–Kier alpha value is -1.95. The van der Waals surface area contributed by atoms with Gasteiger partial charge in [-0.3, -0.25) is 4.79 Å². The van der Waals surface area contributed by atoms with Gasteiger partial charge in [0.1, 0.15) is 0 Å². The Morgan fingerprint density at radius 2 is 2.21 bits per heavy atom. The van der Waals surface area contributed by atoms with Gasteiger partial charge in [0.25, 0.3) is 0 Å². The fraction of sp³-hybridized carbons (Fsp3) is 0.182. The Morgan fingerprint density at radius 3 is 2.79 bits per heavy atom. The second kappa shape index (κ2) is 4.33. The molecule has 3 heteroatoms. The number of rotatable bonds is 1. The minimum Gasteiger partial charge on any atom is -0.398 e. The maximum absolute atomic E-state index is 10.4. The third-order valence-electron chi connectivity index (χ3n) is 1.78. The van der Waals surface area contributed by atoms with Crippen molar-refractivity contribution in [3.05, 3.63) is 29.3 Å². The van der Waals surface area contributed by atoms with Crippen LogP contribution in [0.3, 0.4) is 0 Å². The van der Waals surface area contributed by atoms with Crippen LogP contribution in [0.25, 0.3) is 0 Å². The summed E-state index contributed by atoms with van der Waals surface area (Å²) < 4.78 is 0. The first-order chi connectivity index (χ1) is 6.61. The average Bonchev–Trinajstić information content (AvgIpc) is 2.09. The molecule has 1 amide bonds. The van der Waals surface area contributed by atoms with Crippen LogP contribution in [0.5, 0.6) is 0 Å². The molecule has 72 valence electrons. The van der Waals surface area contributed by atoms with Gasteiger partial charge in [-0.2, -0.15) is 0 Å². The molecule has 0 radical (unpaired) electrons. The van der Waals surface area contributed by atoms with E-state index in [1.54, 1.807) is 6.07 Å². The Bertz CT molecular complexity index is 393. The van der Waals surface area contributed by atoms with E-state index >= 15 is 0 Å². The van der Waals surface area contributed by atoms with Crippen LogP contribution in [-0.2, 0) is 4.79 Å². The SMILES string of the molecule is Cc1cccc(N)c1C#CCC(N)=O. The normalized spacial score (nSPS) is 8.93. The van der Waals surface area contributed by atoms with E-state index < -0.39 is 5.91 Å². The first kappa shape index (κ1) is 10.1.